The summed E-state index contributed by atoms with van der Waals surface area (Å²) in [5.41, 5.74) is 1.04. The van der Waals surface area contributed by atoms with Crippen molar-refractivity contribution in [1.29, 1.82) is 0 Å². The van der Waals surface area contributed by atoms with Crippen molar-refractivity contribution < 1.29 is 0 Å². The number of rotatable bonds is 3. The molecule has 0 fully saturated rings. The molecule has 2 heterocycles. The van der Waals surface area contributed by atoms with Crippen molar-refractivity contribution in [2.75, 3.05) is 24.3 Å². The van der Waals surface area contributed by atoms with Crippen LogP contribution in [0.15, 0.2) is 18.6 Å². The van der Waals surface area contributed by atoms with Gasteiger partial charge in [-0.05, 0) is 6.92 Å². The van der Waals surface area contributed by atoms with Crippen molar-refractivity contribution in [3.63, 3.8) is 0 Å². The fourth-order valence-corrected chi connectivity index (χ4v) is 1.39. The molecule has 0 aliphatic carbocycles. The number of hydrogen-bond acceptors (Lipinski definition) is 5. The first-order valence-corrected chi connectivity index (χ1v) is 4.94. The summed E-state index contributed by atoms with van der Waals surface area (Å²) in [7, 11) is 3.90. The van der Waals surface area contributed by atoms with Crippen LogP contribution in [0.25, 0.3) is 0 Å². The highest BCUT2D eigenvalue weighted by Crippen LogP contribution is 2.16. The highest BCUT2D eigenvalue weighted by molar-refractivity contribution is 5.51. The van der Waals surface area contributed by atoms with Crippen LogP contribution < -0.4 is 10.2 Å². The number of aryl methyl sites for hydroxylation is 1. The van der Waals surface area contributed by atoms with Gasteiger partial charge in [0.1, 0.15) is 5.82 Å². The summed E-state index contributed by atoms with van der Waals surface area (Å²) in [6, 6.07) is 0. The minimum atomic E-state index is 0.532. The maximum absolute atomic E-state index is 4.39. The molecular weight excluding hydrogens is 204 g/mol. The summed E-state index contributed by atoms with van der Waals surface area (Å²) < 4.78 is 0. The molecule has 0 unspecified atom stereocenters. The lowest BCUT2D eigenvalue weighted by Gasteiger charge is -2.14. The van der Waals surface area contributed by atoms with Crippen molar-refractivity contribution in [3.05, 3.63) is 24.2 Å². The Labute approximate surface area is 93.8 Å². The van der Waals surface area contributed by atoms with E-state index in [1.165, 1.54) is 0 Å². The van der Waals surface area contributed by atoms with E-state index in [1.54, 1.807) is 18.6 Å². The number of aromatic nitrogens is 4. The van der Waals surface area contributed by atoms with Gasteiger partial charge in [-0.1, -0.05) is 0 Å². The Kier molecular flexibility index (Phi) is 2.72. The Bertz CT molecular complexity index is 462. The van der Waals surface area contributed by atoms with Gasteiger partial charge in [0.05, 0.1) is 0 Å². The van der Waals surface area contributed by atoms with E-state index in [1.807, 2.05) is 25.9 Å². The lowest BCUT2D eigenvalue weighted by Crippen LogP contribution is -2.13. The fourth-order valence-electron chi connectivity index (χ4n) is 1.39. The highest BCUT2D eigenvalue weighted by Gasteiger charge is 2.06. The minimum absolute atomic E-state index is 0.532. The Morgan fingerprint density at radius 2 is 2.12 bits per heavy atom. The van der Waals surface area contributed by atoms with Crippen LogP contribution in [0.5, 0.6) is 0 Å². The van der Waals surface area contributed by atoms with Gasteiger partial charge in [0, 0.05) is 38.2 Å². The third-order valence-electron chi connectivity index (χ3n) is 2.10. The summed E-state index contributed by atoms with van der Waals surface area (Å²) in [6.07, 6.45) is 5.19. The smallest absolute Gasteiger partial charge is 0.231 e. The molecule has 0 atom stereocenters. The first-order chi connectivity index (χ1) is 7.66. The van der Waals surface area contributed by atoms with Crippen molar-refractivity contribution in [2.24, 2.45) is 0 Å². The Hall–Kier alpha value is -2.11. The van der Waals surface area contributed by atoms with Crippen molar-refractivity contribution in [1.82, 2.24) is 19.9 Å². The normalized spacial score (nSPS) is 10.2. The number of H-pyrrole nitrogens is 1. The number of nitrogens with zero attached hydrogens (tertiary/aromatic N) is 4. The number of anilines is 3. The molecule has 0 saturated carbocycles. The van der Waals surface area contributed by atoms with Gasteiger partial charge in [-0.15, -0.1) is 0 Å². The van der Waals surface area contributed by atoms with Crippen molar-refractivity contribution in [3.8, 4) is 0 Å². The topological polar surface area (TPSA) is 69.7 Å². The van der Waals surface area contributed by atoms with Crippen LogP contribution in [-0.2, 0) is 0 Å². The first kappa shape index (κ1) is 10.4. The molecule has 0 amide bonds. The van der Waals surface area contributed by atoms with Gasteiger partial charge in [0.2, 0.25) is 11.9 Å². The predicted molar refractivity (Wildman–Crippen MR) is 63.0 cm³/mol. The lowest BCUT2D eigenvalue weighted by molar-refractivity contribution is 1.01. The minimum Gasteiger partial charge on any atom is -0.362 e. The molecule has 16 heavy (non-hydrogen) atoms. The van der Waals surface area contributed by atoms with E-state index in [2.05, 4.69) is 25.3 Å². The monoisotopic (exact) mass is 218 g/mol. The van der Waals surface area contributed by atoms with Crippen LogP contribution in [0.2, 0.25) is 0 Å². The molecule has 0 bridgehead atoms. The summed E-state index contributed by atoms with van der Waals surface area (Å²) in [6.45, 7) is 1.98. The quantitative estimate of drug-likeness (QED) is 0.813. The average Bonchev–Trinajstić information content (AvgIpc) is 2.73. The van der Waals surface area contributed by atoms with Gasteiger partial charge in [0.25, 0.3) is 0 Å². The molecule has 6 nitrogen and oxygen atoms in total. The van der Waals surface area contributed by atoms with Crippen LogP contribution in [0.4, 0.5) is 17.7 Å². The van der Waals surface area contributed by atoms with E-state index in [4.69, 9.17) is 0 Å². The molecule has 84 valence electrons. The maximum atomic E-state index is 4.39. The molecule has 0 radical (unpaired) electrons. The van der Waals surface area contributed by atoms with E-state index >= 15 is 0 Å². The molecule has 2 rings (SSSR count). The van der Waals surface area contributed by atoms with Crippen molar-refractivity contribution >= 4 is 17.7 Å². The Balaban J connectivity index is 2.26. The van der Waals surface area contributed by atoms with Crippen LogP contribution in [0.3, 0.4) is 0 Å². The summed E-state index contributed by atoms with van der Waals surface area (Å²) in [5.74, 6) is 2.06. The van der Waals surface area contributed by atoms with E-state index in [0.717, 1.165) is 11.4 Å². The van der Waals surface area contributed by atoms with E-state index < -0.39 is 0 Å². The Morgan fingerprint density at radius 1 is 1.31 bits per heavy atom. The molecule has 0 aliphatic heterocycles. The predicted octanol–water partition coefficient (Wildman–Crippen LogP) is 1.32. The van der Waals surface area contributed by atoms with E-state index in [9.17, 15) is 0 Å². The zero-order chi connectivity index (χ0) is 11.5. The zero-order valence-corrected chi connectivity index (χ0v) is 9.52. The molecule has 2 aromatic heterocycles. The second-order valence-electron chi connectivity index (χ2n) is 3.66. The average molecular weight is 218 g/mol. The van der Waals surface area contributed by atoms with Crippen LogP contribution >= 0.6 is 0 Å². The third-order valence-corrected chi connectivity index (χ3v) is 2.10. The molecule has 6 heteroatoms. The van der Waals surface area contributed by atoms with Gasteiger partial charge < -0.3 is 9.88 Å². The molecular formula is C10H14N6. The van der Waals surface area contributed by atoms with Crippen molar-refractivity contribution in [2.45, 2.75) is 6.92 Å². The van der Waals surface area contributed by atoms with Gasteiger partial charge >= 0.3 is 0 Å². The summed E-state index contributed by atoms with van der Waals surface area (Å²) in [4.78, 5) is 17.5. The molecule has 0 spiro atoms. The maximum Gasteiger partial charge on any atom is 0.231 e. The molecule has 0 saturated heterocycles. The second kappa shape index (κ2) is 4.18. The number of nitrogens with one attached hydrogen (secondary N) is 2. The molecule has 0 aromatic carbocycles. The van der Waals surface area contributed by atoms with Crippen LogP contribution in [-0.4, -0.2) is 34.0 Å². The standard InChI is InChI=1S/C10H14N6/c1-7-6-13-10(14-8(7)16(2)3)15-9-11-4-5-12-9/h4-6H,1-3H3,(H2,11,12,13,14,15). The second-order valence-corrected chi connectivity index (χ2v) is 3.66. The molecule has 2 N–H and O–H groups in total. The lowest BCUT2D eigenvalue weighted by atomic mass is 10.3. The number of hydrogen-bond donors (Lipinski definition) is 2. The molecule has 2 aromatic rings. The number of imidazole rings is 1. The van der Waals surface area contributed by atoms with E-state index in [-0.39, 0.29) is 0 Å². The zero-order valence-electron chi connectivity index (χ0n) is 9.52. The SMILES string of the molecule is Cc1cnc(Nc2ncc[nH]2)nc1N(C)C. The number of aromatic amines is 1. The van der Waals surface area contributed by atoms with Crippen LogP contribution in [0.1, 0.15) is 5.56 Å². The van der Waals surface area contributed by atoms with E-state index in [0.29, 0.717) is 11.9 Å². The van der Waals surface area contributed by atoms with Gasteiger partial charge in [-0.25, -0.2) is 9.97 Å². The largest absolute Gasteiger partial charge is 0.362 e. The van der Waals surface area contributed by atoms with Gasteiger partial charge in [-0.2, -0.15) is 4.98 Å². The summed E-state index contributed by atoms with van der Waals surface area (Å²) >= 11 is 0. The Morgan fingerprint density at radius 3 is 2.75 bits per heavy atom. The fraction of sp³-hybridized carbons (Fsp3) is 0.300. The van der Waals surface area contributed by atoms with Crippen LogP contribution in [0, 0.1) is 6.92 Å². The third kappa shape index (κ3) is 2.10. The molecule has 0 aliphatic rings. The first-order valence-electron chi connectivity index (χ1n) is 4.94. The summed E-state index contributed by atoms with van der Waals surface area (Å²) in [5, 5.41) is 2.99. The van der Waals surface area contributed by atoms with Gasteiger partial charge in [-0.3, -0.25) is 5.32 Å². The van der Waals surface area contributed by atoms with Gasteiger partial charge in [0.15, 0.2) is 0 Å². The highest BCUT2D eigenvalue weighted by atomic mass is 15.2.